The maximum Gasteiger partial charge on any atom is 0.240 e. The lowest BCUT2D eigenvalue weighted by atomic mass is 9.83. The van der Waals surface area contributed by atoms with E-state index in [1.807, 2.05) is 12.1 Å². The molecule has 21 heavy (non-hydrogen) atoms. The van der Waals surface area contributed by atoms with Gasteiger partial charge in [0.1, 0.15) is 0 Å². The third-order valence-corrected chi connectivity index (χ3v) is 5.95. The van der Waals surface area contributed by atoms with Gasteiger partial charge in [0, 0.05) is 19.1 Å². The van der Waals surface area contributed by atoms with Crippen molar-refractivity contribution < 1.29 is 8.42 Å². The molecule has 0 radical (unpaired) electrons. The second-order valence-corrected chi connectivity index (χ2v) is 8.05. The number of rotatable bonds is 8. The fraction of sp³-hybridized carbons (Fsp3) is 0.625. The molecule has 2 saturated carbocycles. The van der Waals surface area contributed by atoms with Gasteiger partial charge in [-0.15, -0.1) is 0 Å². The molecule has 1 aromatic rings. The third kappa shape index (κ3) is 4.28. The summed E-state index contributed by atoms with van der Waals surface area (Å²) in [4.78, 5) is 0.367. The van der Waals surface area contributed by atoms with E-state index in [0.29, 0.717) is 17.5 Å². The zero-order valence-corrected chi connectivity index (χ0v) is 13.2. The van der Waals surface area contributed by atoms with E-state index in [1.165, 1.54) is 32.1 Å². The normalized spacial score (nSPS) is 19.4. The van der Waals surface area contributed by atoms with E-state index in [2.05, 4.69) is 10.0 Å². The van der Waals surface area contributed by atoms with Crippen molar-refractivity contribution in [2.75, 3.05) is 6.54 Å². The van der Waals surface area contributed by atoms with Crippen molar-refractivity contribution in [1.82, 2.24) is 10.0 Å². The largest absolute Gasteiger partial charge is 0.310 e. The van der Waals surface area contributed by atoms with Crippen LogP contribution in [0.15, 0.2) is 29.2 Å². The summed E-state index contributed by atoms with van der Waals surface area (Å²) < 4.78 is 27.1. The molecule has 0 spiro atoms. The molecule has 0 unspecified atom stereocenters. The molecule has 4 nitrogen and oxygen atoms in total. The Hall–Kier alpha value is -0.910. The zero-order chi connectivity index (χ0) is 14.7. The molecule has 0 saturated heterocycles. The molecule has 0 heterocycles. The molecule has 0 atom stereocenters. The minimum atomic E-state index is -3.35. The van der Waals surface area contributed by atoms with Gasteiger partial charge in [-0.1, -0.05) is 31.4 Å². The van der Waals surface area contributed by atoms with E-state index in [4.69, 9.17) is 0 Å². The van der Waals surface area contributed by atoms with Crippen LogP contribution in [0.3, 0.4) is 0 Å². The van der Waals surface area contributed by atoms with Crippen LogP contribution in [0.5, 0.6) is 0 Å². The van der Waals surface area contributed by atoms with Crippen LogP contribution in [0.1, 0.15) is 44.1 Å². The van der Waals surface area contributed by atoms with Crippen molar-refractivity contribution in [2.24, 2.45) is 5.92 Å². The Morgan fingerprint density at radius 3 is 2.33 bits per heavy atom. The van der Waals surface area contributed by atoms with Crippen LogP contribution in [-0.2, 0) is 16.6 Å². The summed E-state index contributed by atoms with van der Waals surface area (Å²) >= 11 is 0. The predicted molar refractivity (Wildman–Crippen MR) is 83.5 cm³/mol. The first-order valence-corrected chi connectivity index (χ1v) is 9.44. The SMILES string of the molecule is O=S(=O)(NCCC1CCC1)c1ccc(CNC2CC2)cc1. The number of nitrogens with one attached hydrogen (secondary N) is 2. The van der Waals surface area contributed by atoms with E-state index in [1.54, 1.807) is 12.1 Å². The second kappa shape index (κ2) is 6.46. The fourth-order valence-electron chi connectivity index (χ4n) is 2.60. The topological polar surface area (TPSA) is 58.2 Å². The summed E-state index contributed by atoms with van der Waals surface area (Å²) in [5.41, 5.74) is 1.13. The van der Waals surface area contributed by atoms with Gasteiger partial charge >= 0.3 is 0 Å². The van der Waals surface area contributed by atoms with Crippen molar-refractivity contribution in [3.63, 3.8) is 0 Å². The van der Waals surface area contributed by atoms with E-state index in [-0.39, 0.29) is 0 Å². The Labute approximate surface area is 127 Å². The average Bonchev–Trinajstić information content (AvgIpc) is 3.24. The van der Waals surface area contributed by atoms with Gasteiger partial charge in [0.15, 0.2) is 0 Å². The standard InChI is InChI=1S/C16H24N2O2S/c19-21(20,18-11-10-13-2-1-3-13)16-8-4-14(5-9-16)12-17-15-6-7-15/h4-5,8-9,13,15,17-18H,1-3,6-7,10-12H2. The molecular weight excluding hydrogens is 284 g/mol. The summed E-state index contributed by atoms with van der Waals surface area (Å²) in [7, 11) is -3.35. The van der Waals surface area contributed by atoms with Crippen molar-refractivity contribution in [1.29, 1.82) is 0 Å². The molecule has 2 aliphatic carbocycles. The summed E-state index contributed by atoms with van der Waals surface area (Å²) in [6.45, 7) is 1.37. The molecule has 0 aliphatic heterocycles. The quantitative estimate of drug-likeness (QED) is 0.775. The van der Waals surface area contributed by atoms with Gasteiger partial charge in [0.25, 0.3) is 0 Å². The van der Waals surface area contributed by atoms with Crippen LogP contribution in [-0.4, -0.2) is 21.0 Å². The van der Waals surface area contributed by atoms with Crippen LogP contribution < -0.4 is 10.0 Å². The molecule has 2 aliphatic rings. The molecule has 116 valence electrons. The molecule has 2 N–H and O–H groups in total. The smallest absolute Gasteiger partial charge is 0.240 e. The Morgan fingerprint density at radius 2 is 1.76 bits per heavy atom. The maximum atomic E-state index is 12.2. The number of sulfonamides is 1. The zero-order valence-electron chi connectivity index (χ0n) is 12.3. The third-order valence-electron chi connectivity index (χ3n) is 4.48. The number of hydrogen-bond donors (Lipinski definition) is 2. The van der Waals surface area contributed by atoms with E-state index in [9.17, 15) is 8.42 Å². The Kier molecular flexibility index (Phi) is 4.62. The summed E-state index contributed by atoms with van der Waals surface area (Å²) in [5.74, 6) is 0.726. The monoisotopic (exact) mass is 308 g/mol. The highest BCUT2D eigenvalue weighted by molar-refractivity contribution is 7.89. The summed E-state index contributed by atoms with van der Waals surface area (Å²) in [5, 5.41) is 3.43. The highest BCUT2D eigenvalue weighted by atomic mass is 32.2. The Balaban J connectivity index is 1.50. The second-order valence-electron chi connectivity index (χ2n) is 6.28. The molecule has 2 fully saturated rings. The van der Waals surface area contributed by atoms with Crippen LogP contribution >= 0.6 is 0 Å². The fourth-order valence-corrected chi connectivity index (χ4v) is 3.65. The van der Waals surface area contributed by atoms with Gasteiger partial charge in [0.2, 0.25) is 10.0 Å². The highest BCUT2D eigenvalue weighted by Crippen LogP contribution is 2.28. The van der Waals surface area contributed by atoms with Crippen molar-refractivity contribution in [3.05, 3.63) is 29.8 Å². The molecule has 5 heteroatoms. The Bertz CT molecular complexity index is 560. The molecule has 0 amide bonds. The van der Waals surface area contributed by atoms with Gasteiger partial charge < -0.3 is 5.32 Å². The van der Waals surface area contributed by atoms with Gasteiger partial charge in [-0.2, -0.15) is 0 Å². The summed E-state index contributed by atoms with van der Waals surface area (Å²) in [6.07, 6.45) is 7.29. The molecule has 1 aromatic carbocycles. The van der Waals surface area contributed by atoms with Crippen LogP contribution in [0.25, 0.3) is 0 Å². The average molecular weight is 308 g/mol. The van der Waals surface area contributed by atoms with Gasteiger partial charge in [-0.05, 0) is 42.9 Å². The number of benzene rings is 1. The van der Waals surface area contributed by atoms with Crippen molar-refractivity contribution in [2.45, 2.75) is 56.0 Å². The lowest BCUT2D eigenvalue weighted by Gasteiger charge is -2.25. The lowest BCUT2D eigenvalue weighted by Crippen LogP contribution is -2.27. The van der Waals surface area contributed by atoms with E-state index >= 15 is 0 Å². The first-order valence-electron chi connectivity index (χ1n) is 7.95. The Morgan fingerprint density at radius 1 is 1.05 bits per heavy atom. The van der Waals surface area contributed by atoms with Crippen LogP contribution in [0.2, 0.25) is 0 Å². The molecule has 0 aromatic heterocycles. The summed E-state index contributed by atoms with van der Waals surface area (Å²) in [6, 6.07) is 7.87. The van der Waals surface area contributed by atoms with Crippen molar-refractivity contribution >= 4 is 10.0 Å². The molecule has 3 rings (SSSR count). The first kappa shape index (κ1) is 15.0. The van der Waals surface area contributed by atoms with Gasteiger partial charge in [-0.3, -0.25) is 0 Å². The predicted octanol–water partition coefficient (Wildman–Crippen LogP) is 2.41. The van der Waals surface area contributed by atoms with E-state index in [0.717, 1.165) is 24.4 Å². The highest BCUT2D eigenvalue weighted by Gasteiger charge is 2.21. The lowest BCUT2D eigenvalue weighted by molar-refractivity contribution is 0.297. The van der Waals surface area contributed by atoms with Crippen LogP contribution in [0.4, 0.5) is 0 Å². The number of hydrogen-bond acceptors (Lipinski definition) is 3. The maximum absolute atomic E-state index is 12.2. The van der Waals surface area contributed by atoms with Crippen LogP contribution in [0, 0.1) is 5.92 Å². The minimum Gasteiger partial charge on any atom is -0.310 e. The first-order chi connectivity index (χ1) is 10.1. The molecule has 0 bridgehead atoms. The van der Waals surface area contributed by atoms with Gasteiger partial charge in [0.05, 0.1) is 4.90 Å². The van der Waals surface area contributed by atoms with Crippen molar-refractivity contribution in [3.8, 4) is 0 Å². The minimum absolute atomic E-state index is 0.367. The molecular formula is C16H24N2O2S. The van der Waals surface area contributed by atoms with Gasteiger partial charge in [-0.25, -0.2) is 13.1 Å². The van der Waals surface area contributed by atoms with E-state index < -0.39 is 10.0 Å².